The first-order valence-electron chi connectivity index (χ1n) is 8.42. The Hall–Kier alpha value is -1.73. The van der Waals surface area contributed by atoms with Gasteiger partial charge in [-0.25, -0.2) is 18.7 Å². The molecule has 0 spiro atoms. The third-order valence-corrected chi connectivity index (χ3v) is 5.72. The van der Waals surface area contributed by atoms with Crippen molar-refractivity contribution in [3.8, 4) is 0 Å². The lowest BCUT2D eigenvalue weighted by Gasteiger charge is -2.21. The highest BCUT2D eigenvalue weighted by Crippen LogP contribution is 2.38. The average Bonchev–Trinajstić information content (AvgIpc) is 3.15. The van der Waals surface area contributed by atoms with Crippen molar-refractivity contribution in [2.45, 2.75) is 37.6 Å². The standard InChI is InChI=1S/C18H16F2IN3O4/c1-7-12-11(21)5-24(17(12)23-6-22-7)18-15(27)14(26)16(28-18)13(25)8-2-3-9(19)10(20)4-8/h2-6,13-16,18,25-27H,1H3. The molecule has 0 amide bonds. The van der Waals surface area contributed by atoms with Gasteiger partial charge in [0.25, 0.3) is 0 Å². The van der Waals surface area contributed by atoms with Crippen molar-refractivity contribution >= 4 is 33.6 Å². The van der Waals surface area contributed by atoms with Gasteiger partial charge in [0.15, 0.2) is 17.9 Å². The molecule has 7 nitrogen and oxygen atoms in total. The predicted molar refractivity (Wildman–Crippen MR) is 102 cm³/mol. The van der Waals surface area contributed by atoms with Gasteiger partial charge in [0.1, 0.15) is 36.4 Å². The lowest BCUT2D eigenvalue weighted by Crippen LogP contribution is -2.34. The highest BCUT2D eigenvalue weighted by molar-refractivity contribution is 14.1. The summed E-state index contributed by atoms with van der Waals surface area (Å²) < 4.78 is 34.8. The number of benzene rings is 1. The molecule has 3 heterocycles. The van der Waals surface area contributed by atoms with Crippen LogP contribution in [0.3, 0.4) is 0 Å². The number of ether oxygens (including phenoxy) is 1. The number of aromatic nitrogens is 3. The fourth-order valence-corrected chi connectivity index (χ4v) is 4.37. The molecule has 0 radical (unpaired) electrons. The minimum absolute atomic E-state index is 0.0286. The zero-order chi connectivity index (χ0) is 20.2. The molecule has 0 aliphatic carbocycles. The highest BCUT2D eigenvalue weighted by atomic mass is 127. The molecule has 5 unspecified atom stereocenters. The van der Waals surface area contributed by atoms with Crippen molar-refractivity contribution in [3.63, 3.8) is 0 Å². The third kappa shape index (κ3) is 3.08. The predicted octanol–water partition coefficient (Wildman–Crippen LogP) is 1.98. The van der Waals surface area contributed by atoms with Crippen LogP contribution in [0.15, 0.2) is 30.7 Å². The van der Waals surface area contributed by atoms with Gasteiger partial charge < -0.3 is 24.6 Å². The largest absolute Gasteiger partial charge is 0.387 e. The average molecular weight is 503 g/mol. The first-order valence-corrected chi connectivity index (χ1v) is 9.49. The number of hydrogen-bond donors (Lipinski definition) is 3. The topological polar surface area (TPSA) is 101 Å². The highest BCUT2D eigenvalue weighted by Gasteiger charge is 2.47. The number of rotatable bonds is 3. The maximum atomic E-state index is 13.5. The van der Waals surface area contributed by atoms with Crippen molar-refractivity contribution < 1.29 is 28.8 Å². The maximum Gasteiger partial charge on any atom is 0.164 e. The monoisotopic (exact) mass is 503 g/mol. The molecule has 1 saturated heterocycles. The van der Waals surface area contributed by atoms with Gasteiger partial charge in [0, 0.05) is 9.77 Å². The van der Waals surface area contributed by atoms with Gasteiger partial charge in [-0.1, -0.05) is 6.07 Å². The molecule has 3 aromatic rings. The summed E-state index contributed by atoms with van der Waals surface area (Å²) in [7, 11) is 0. The molecule has 10 heteroatoms. The smallest absolute Gasteiger partial charge is 0.164 e. The summed E-state index contributed by atoms with van der Waals surface area (Å²) in [6, 6.07) is 2.91. The molecule has 148 valence electrons. The van der Waals surface area contributed by atoms with Crippen molar-refractivity contribution in [1.82, 2.24) is 14.5 Å². The Labute approximate surface area is 171 Å². The molecule has 3 N–H and O–H groups in total. The van der Waals surface area contributed by atoms with Crippen LogP contribution in [0.4, 0.5) is 8.78 Å². The molecule has 4 rings (SSSR count). The molecule has 1 aliphatic heterocycles. The second kappa shape index (κ2) is 7.26. The molecule has 1 aliphatic rings. The van der Waals surface area contributed by atoms with Crippen LogP contribution in [-0.4, -0.2) is 48.2 Å². The second-order valence-electron chi connectivity index (χ2n) is 6.63. The maximum absolute atomic E-state index is 13.5. The van der Waals surface area contributed by atoms with E-state index in [-0.39, 0.29) is 5.56 Å². The van der Waals surface area contributed by atoms with Gasteiger partial charge in [-0.3, -0.25) is 0 Å². The van der Waals surface area contributed by atoms with E-state index in [4.69, 9.17) is 4.74 Å². The Morgan fingerprint density at radius 1 is 1.18 bits per heavy atom. The minimum atomic E-state index is -1.47. The van der Waals surface area contributed by atoms with E-state index in [1.54, 1.807) is 10.8 Å². The summed E-state index contributed by atoms with van der Waals surface area (Å²) in [6.07, 6.45) is -3.47. The Morgan fingerprint density at radius 3 is 2.64 bits per heavy atom. The molecular formula is C18H16F2IN3O4. The summed E-state index contributed by atoms with van der Waals surface area (Å²) >= 11 is 2.11. The summed E-state index contributed by atoms with van der Waals surface area (Å²) in [4.78, 5) is 8.39. The van der Waals surface area contributed by atoms with Gasteiger partial charge in [-0.05, 0) is 47.2 Å². The van der Waals surface area contributed by atoms with Gasteiger partial charge in [0.2, 0.25) is 0 Å². The molecule has 28 heavy (non-hydrogen) atoms. The lowest BCUT2D eigenvalue weighted by atomic mass is 9.99. The number of aliphatic hydroxyl groups is 3. The van der Waals surface area contributed by atoms with Crippen molar-refractivity contribution in [1.29, 1.82) is 0 Å². The number of halogens is 3. The Morgan fingerprint density at radius 2 is 1.93 bits per heavy atom. The van der Waals surface area contributed by atoms with E-state index >= 15 is 0 Å². The Balaban J connectivity index is 1.69. The molecule has 0 bridgehead atoms. The number of nitrogens with zero attached hydrogens (tertiary/aromatic N) is 3. The van der Waals surface area contributed by atoms with E-state index in [0.29, 0.717) is 5.65 Å². The fourth-order valence-electron chi connectivity index (χ4n) is 3.44. The second-order valence-corrected chi connectivity index (χ2v) is 7.80. The minimum Gasteiger partial charge on any atom is -0.387 e. The van der Waals surface area contributed by atoms with Gasteiger partial charge in [-0.2, -0.15) is 0 Å². The van der Waals surface area contributed by atoms with Crippen molar-refractivity contribution in [3.05, 3.63) is 57.2 Å². The first kappa shape index (κ1) is 19.6. The van der Waals surface area contributed by atoms with E-state index in [1.165, 1.54) is 12.4 Å². The molecule has 0 saturated carbocycles. The first-order chi connectivity index (χ1) is 13.3. The summed E-state index contributed by atoms with van der Waals surface area (Å²) in [6.45, 7) is 1.83. The van der Waals surface area contributed by atoms with Gasteiger partial charge in [0.05, 0.1) is 11.1 Å². The van der Waals surface area contributed by atoms with E-state index in [0.717, 1.165) is 26.8 Å². The van der Waals surface area contributed by atoms with Crippen LogP contribution in [0, 0.1) is 22.1 Å². The Kier molecular flexibility index (Phi) is 5.08. The molecule has 5 atom stereocenters. The summed E-state index contributed by atoms with van der Waals surface area (Å²) in [5.41, 5.74) is 1.29. The van der Waals surface area contributed by atoms with Crippen LogP contribution in [-0.2, 0) is 4.74 Å². The van der Waals surface area contributed by atoms with Gasteiger partial charge in [-0.15, -0.1) is 0 Å². The van der Waals surface area contributed by atoms with Crippen LogP contribution < -0.4 is 0 Å². The van der Waals surface area contributed by atoms with Crippen LogP contribution in [0.2, 0.25) is 0 Å². The lowest BCUT2D eigenvalue weighted by molar-refractivity contribution is -0.0849. The van der Waals surface area contributed by atoms with E-state index in [1.807, 2.05) is 6.92 Å². The SMILES string of the molecule is Cc1ncnc2c1c(I)cn2C1OC(C(O)c2ccc(F)c(F)c2)C(O)C1O. The molecule has 1 aromatic carbocycles. The summed E-state index contributed by atoms with van der Waals surface area (Å²) in [5, 5.41) is 32.3. The number of aryl methyl sites for hydroxylation is 1. The van der Waals surface area contributed by atoms with Crippen LogP contribution in [0.25, 0.3) is 11.0 Å². The van der Waals surface area contributed by atoms with E-state index < -0.39 is 42.3 Å². The molecule has 2 aromatic heterocycles. The van der Waals surface area contributed by atoms with E-state index in [9.17, 15) is 24.1 Å². The zero-order valence-electron chi connectivity index (χ0n) is 14.5. The van der Waals surface area contributed by atoms with Gasteiger partial charge >= 0.3 is 0 Å². The van der Waals surface area contributed by atoms with Crippen molar-refractivity contribution in [2.75, 3.05) is 0 Å². The van der Waals surface area contributed by atoms with Crippen LogP contribution in [0.1, 0.15) is 23.6 Å². The number of hydrogen-bond acceptors (Lipinski definition) is 6. The fraction of sp³-hybridized carbons (Fsp3) is 0.333. The summed E-state index contributed by atoms with van der Waals surface area (Å²) in [5.74, 6) is -2.18. The molecule has 1 fully saturated rings. The third-order valence-electron chi connectivity index (χ3n) is 4.90. The number of aliphatic hydroxyl groups excluding tert-OH is 3. The van der Waals surface area contributed by atoms with Crippen molar-refractivity contribution in [2.24, 2.45) is 0 Å². The zero-order valence-corrected chi connectivity index (χ0v) is 16.7. The normalized spacial score (nSPS) is 26.1. The van der Waals surface area contributed by atoms with Crippen LogP contribution >= 0.6 is 22.6 Å². The quantitative estimate of drug-likeness (QED) is 0.473. The molecular weight excluding hydrogens is 487 g/mol. The number of fused-ring (bicyclic) bond motifs is 1. The van der Waals surface area contributed by atoms with E-state index in [2.05, 4.69) is 32.6 Å². The Bertz CT molecular complexity index is 1050. The van der Waals surface area contributed by atoms with Crippen LogP contribution in [0.5, 0.6) is 0 Å².